The first-order valence-electron chi connectivity index (χ1n) is 5.01. The van der Waals surface area contributed by atoms with Gasteiger partial charge in [-0.2, -0.15) is 5.10 Å². The molecule has 1 aromatic rings. The van der Waals surface area contributed by atoms with Crippen molar-refractivity contribution in [1.29, 1.82) is 0 Å². The van der Waals surface area contributed by atoms with Gasteiger partial charge in [0.05, 0.1) is 12.4 Å². The highest BCUT2D eigenvalue weighted by Gasteiger charge is 2.11. The van der Waals surface area contributed by atoms with Crippen molar-refractivity contribution in [3.63, 3.8) is 0 Å². The number of hydrogen-bond donors (Lipinski definition) is 0. The van der Waals surface area contributed by atoms with E-state index < -0.39 is 0 Å². The predicted molar refractivity (Wildman–Crippen MR) is 56.9 cm³/mol. The van der Waals surface area contributed by atoms with Gasteiger partial charge in [0.15, 0.2) is 5.75 Å². The van der Waals surface area contributed by atoms with E-state index in [4.69, 9.17) is 4.74 Å². The van der Waals surface area contributed by atoms with E-state index in [1.807, 2.05) is 20.8 Å². The lowest BCUT2D eigenvalue weighted by atomic mass is 10.4. The first-order valence-corrected chi connectivity index (χ1v) is 5.01. The number of ether oxygens (including phenoxy) is 1. The Morgan fingerprint density at radius 1 is 1.67 bits per heavy atom. The minimum Gasteiger partial charge on any atom is -0.407 e. The minimum absolute atomic E-state index is 0.265. The fourth-order valence-corrected chi connectivity index (χ4v) is 0.964. The lowest BCUT2D eigenvalue weighted by Crippen LogP contribution is -2.29. The molecule has 0 radical (unpaired) electrons. The number of nitrogens with zero attached hydrogens (tertiary/aromatic N) is 3. The first kappa shape index (κ1) is 11.6. The highest BCUT2D eigenvalue weighted by molar-refractivity contribution is 5.70. The molecule has 0 unspecified atom stereocenters. The standard InChI is InChI=1S/C10H17N3O2/c1-5-12(4)10(14)15-9-6-11-13(7-9)8(2)3/h6-8H,5H2,1-4H3. The van der Waals surface area contributed by atoms with Crippen LogP contribution in [0.1, 0.15) is 26.8 Å². The van der Waals surface area contributed by atoms with Crippen molar-refractivity contribution in [1.82, 2.24) is 14.7 Å². The lowest BCUT2D eigenvalue weighted by molar-refractivity contribution is 0.165. The summed E-state index contributed by atoms with van der Waals surface area (Å²) in [7, 11) is 1.69. The van der Waals surface area contributed by atoms with Crippen LogP contribution < -0.4 is 4.74 Å². The molecule has 0 spiro atoms. The van der Waals surface area contributed by atoms with Crippen LogP contribution in [0.2, 0.25) is 0 Å². The number of carbonyl (C=O) groups is 1. The van der Waals surface area contributed by atoms with Crippen LogP contribution in [0.5, 0.6) is 5.75 Å². The van der Waals surface area contributed by atoms with E-state index in [2.05, 4.69) is 5.10 Å². The molecule has 0 aliphatic carbocycles. The van der Waals surface area contributed by atoms with Crippen molar-refractivity contribution >= 4 is 6.09 Å². The Balaban J connectivity index is 2.61. The van der Waals surface area contributed by atoms with Gasteiger partial charge in [0.2, 0.25) is 0 Å². The lowest BCUT2D eigenvalue weighted by Gasteiger charge is -2.12. The third kappa shape index (κ3) is 2.97. The van der Waals surface area contributed by atoms with Crippen molar-refractivity contribution in [2.45, 2.75) is 26.8 Å². The van der Waals surface area contributed by atoms with Gasteiger partial charge in [-0.3, -0.25) is 4.68 Å². The Bertz CT molecular complexity index is 333. The van der Waals surface area contributed by atoms with Gasteiger partial charge in [0, 0.05) is 19.6 Å². The summed E-state index contributed by atoms with van der Waals surface area (Å²) in [5.74, 6) is 0.481. The summed E-state index contributed by atoms with van der Waals surface area (Å²) in [4.78, 5) is 12.9. The van der Waals surface area contributed by atoms with Gasteiger partial charge >= 0.3 is 6.09 Å². The fraction of sp³-hybridized carbons (Fsp3) is 0.600. The summed E-state index contributed by atoms with van der Waals surface area (Å²) in [5, 5.41) is 4.07. The second kappa shape index (κ2) is 4.82. The molecule has 0 aromatic carbocycles. The Kier molecular flexibility index (Phi) is 3.71. The average Bonchev–Trinajstić information content (AvgIpc) is 2.65. The minimum atomic E-state index is -0.360. The Labute approximate surface area is 89.6 Å². The predicted octanol–water partition coefficient (Wildman–Crippen LogP) is 1.91. The first-order chi connectivity index (χ1) is 7.04. The molecule has 0 N–H and O–H groups in total. The van der Waals surface area contributed by atoms with E-state index in [0.717, 1.165) is 0 Å². The Morgan fingerprint density at radius 2 is 2.33 bits per heavy atom. The van der Waals surface area contributed by atoms with Crippen LogP contribution in [0.25, 0.3) is 0 Å². The maximum Gasteiger partial charge on any atom is 0.415 e. The molecule has 0 saturated heterocycles. The third-order valence-electron chi connectivity index (χ3n) is 2.10. The molecule has 0 bridgehead atoms. The largest absolute Gasteiger partial charge is 0.415 e. The van der Waals surface area contributed by atoms with Crippen molar-refractivity contribution < 1.29 is 9.53 Å². The molecule has 1 amide bonds. The normalized spacial score (nSPS) is 10.5. The highest BCUT2D eigenvalue weighted by atomic mass is 16.6. The van der Waals surface area contributed by atoms with Gasteiger partial charge in [0.1, 0.15) is 0 Å². The van der Waals surface area contributed by atoms with E-state index in [-0.39, 0.29) is 12.1 Å². The molecule has 0 aliphatic rings. The van der Waals surface area contributed by atoms with Crippen LogP contribution in [0.15, 0.2) is 12.4 Å². The average molecular weight is 211 g/mol. The van der Waals surface area contributed by atoms with Crippen LogP contribution in [0.3, 0.4) is 0 Å². The maximum absolute atomic E-state index is 11.4. The van der Waals surface area contributed by atoms with Crippen molar-refractivity contribution in [2.75, 3.05) is 13.6 Å². The molecule has 5 heteroatoms. The van der Waals surface area contributed by atoms with Crippen LogP contribution in [0, 0.1) is 0 Å². The summed E-state index contributed by atoms with van der Waals surface area (Å²) >= 11 is 0. The van der Waals surface area contributed by atoms with E-state index >= 15 is 0 Å². The van der Waals surface area contributed by atoms with Gasteiger partial charge in [-0.15, -0.1) is 0 Å². The molecular weight excluding hydrogens is 194 g/mol. The molecule has 15 heavy (non-hydrogen) atoms. The van der Waals surface area contributed by atoms with Gasteiger partial charge in [-0.25, -0.2) is 4.79 Å². The summed E-state index contributed by atoms with van der Waals surface area (Å²) in [5.41, 5.74) is 0. The fourth-order valence-electron chi connectivity index (χ4n) is 0.964. The van der Waals surface area contributed by atoms with Crippen LogP contribution in [0.4, 0.5) is 4.79 Å². The number of hydrogen-bond acceptors (Lipinski definition) is 3. The molecule has 84 valence electrons. The Hall–Kier alpha value is -1.52. The molecule has 0 aliphatic heterocycles. The molecule has 5 nitrogen and oxygen atoms in total. The zero-order valence-electron chi connectivity index (χ0n) is 9.60. The maximum atomic E-state index is 11.4. The van der Waals surface area contributed by atoms with E-state index in [0.29, 0.717) is 12.3 Å². The second-order valence-electron chi connectivity index (χ2n) is 3.63. The van der Waals surface area contributed by atoms with Gasteiger partial charge in [-0.1, -0.05) is 0 Å². The highest BCUT2D eigenvalue weighted by Crippen LogP contribution is 2.13. The molecule has 1 rings (SSSR count). The van der Waals surface area contributed by atoms with Gasteiger partial charge in [-0.05, 0) is 20.8 Å². The number of rotatable bonds is 3. The van der Waals surface area contributed by atoms with Gasteiger partial charge in [0.25, 0.3) is 0 Å². The molecule has 1 aromatic heterocycles. The summed E-state index contributed by atoms with van der Waals surface area (Å²) in [6.07, 6.45) is 2.90. The molecule has 0 fully saturated rings. The van der Waals surface area contributed by atoms with E-state index in [1.54, 1.807) is 24.1 Å². The van der Waals surface area contributed by atoms with Crippen LogP contribution in [-0.2, 0) is 0 Å². The molecular formula is C10H17N3O2. The van der Waals surface area contributed by atoms with E-state index in [9.17, 15) is 4.79 Å². The number of carbonyl (C=O) groups excluding carboxylic acids is 1. The Morgan fingerprint density at radius 3 is 2.80 bits per heavy atom. The van der Waals surface area contributed by atoms with Crippen LogP contribution >= 0.6 is 0 Å². The van der Waals surface area contributed by atoms with Crippen molar-refractivity contribution in [2.24, 2.45) is 0 Å². The number of amides is 1. The van der Waals surface area contributed by atoms with Crippen molar-refractivity contribution in [3.8, 4) is 5.75 Å². The molecule has 1 heterocycles. The van der Waals surface area contributed by atoms with Crippen LogP contribution in [-0.4, -0.2) is 34.4 Å². The zero-order valence-corrected chi connectivity index (χ0v) is 9.60. The molecule has 0 saturated carbocycles. The SMILES string of the molecule is CCN(C)C(=O)Oc1cnn(C(C)C)c1. The molecule has 0 atom stereocenters. The summed E-state index contributed by atoms with van der Waals surface area (Å²) < 4.78 is 6.85. The summed E-state index contributed by atoms with van der Waals surface area (Å²) in [6, 6.07) is 0.265. The quantitative estimate of drug-likeness (QED) is 0.767. The van der Waals surface area contributed by atoms with E-state index in [1.165, 1.54) is 4.90 Å². The topological polar surface area (TPSA) is 47.4 Å². The smallest absolute Gasteiger partial charge is 0.407 e. The second-order valence-corrected chi connectivity index (χ2v) is 3.63. The number of aromatic nitrogens is 2. The third-order valence-corrected chi connectivity index (χ3v) is 2.10. The van der Waals surface area contributed by atoms with Gasteiger partial charge < -0.3 is 9.64 Å². The zero-order chi connectivity index (χ0) is 11.4. The van der Waals surface area contributed by atoms with Crippen molar-refractivity contribution in [3.05, 3.63) is 12.4 Å². The monoisotopic (exact) mass is 211 g/mol. The summed E-state index contributed by atoms with van der Waals surface area (Å²) in [6.45, 7) is 6.53.